The summed E-state index contributed by atoms with van der Waals surface area (Å²) in [6, 6.07) is 16.7. The minimum Gasteiger partial charge on any atom is -0.383 e. The molecule has 0 N–H and O–H groups in total. The number of carbonyl (C=O) groups is 1. The van der Waals surface area contributed by atoms with Crippen LogP contribution in [-0.4, -0.2) is 32.0 Å². The van der Waals surface area contributed by atoms with Gasteiger partial charge in [0.15, 0.2) is 0 Å². The quantitative estimate of drug-likeness (QED) is 0.553. The van der Waals surface area contributed by atoms with E-state index in [4.69, 9.17) is 4.18 Å². The average Bonchev–Trinajstić information content (AvgIpc) is 2.66. The molecule has 0 aliphatic heterocycles. The molecule has 0 heterocycles. The Balaban J connectivity index is 2.17. The summed E-state index contributed by atoms with van der Waals surface area (Å²) >= 11 is 0. The Kier molecular flexibility index (Phi) is 8.05. The van der Waals surface area contributed by atoms with Crippen molar-refractivity contribution in [2.75, 3.05) is 12.8 Å². The normalized spacial score (nSPS) is 12.4. The molecular formula is C22H29NO4S. The van der Waals surface area contributed by atoms with Gasteiger partial charge in [-0.05, 0) is 36.1 Å². The van der Waals surface area contributed by atoms with Gasteiger partial charge in [-0.25, -0.2) is 0 Å². The third kappa shape index (κ3) is 6.68. The molecule has 2 rings (SSSR count). The van der Waals surface area contributed by atoms with Gasteiger partial charge in [0.05, 0.1) is 12.2 Å². The number of benzene rings is 2. The molecule has 6 heteroatoms. The second-order valence-corrected chi connectivity index (χ2v) is 8.49. The maximum absolute atomic E-state index is 13.3. The number of hydrogen-bond acceptors (Lipinski definition) is 4. The van der Waals surface area contributed by atoms with E-state index >= 15 is 0 Å². The van der Waals surface area contributed by atoms with Crippen molar-refractivity contribution in [2.24, 2.45) is 0 Å². The van der Waals surface area contributed by atoms with Gasteiger partial charge in [-0.2, -0.15) is 8.42 Å². The van der Waals surface area contributed by atoms with Crippen LogP contribution in [0.25, 0.3) is 0 Å². The predicted octanol–water partition coefficient (Wildman–Crippen LogP) is 4.35. The van der Waals surface area contributed by atoms with Crippen molar-refractivity contribution in [1.29, 1.82) is 0 Å². The van der Waals surface area contributed by atoms with Gasteiger partial charge < -0.3 is 9.08 Å². The highest BCUT2D eigenvalue weighted by Crippen LogP contribution is 2.24. The van der Waals surface area contributed by atoms with Gasteiger partial charge in [0, 0.05) is 13.1 Å². The van der Waals surface area contributed by atoms with Crippen molar-refractivity contribution in [1.82, 2.24) is 4.90 Å². The second kappa shape index (κ2) is 10.3. The first-order chi connectivity index (χ1) is 13.3. The molecule has 0 spiro atoms. The fourth-order valence-electron chi connectivity index (χ4n) is 3.12. The zero-order valence-electron chi connectivity index (χ0n) is 16.8. The van der Waals surface area contributed by atoms with Crippen LogP contribution in [0.4, 0.5) is 0 Å². The highest BCUT2D eigenvalue weighted by atomic mass is 32.2. The third-order valence-corrected chi connectivity index (χ3v) is 5.04. The Labute approximate surface area is 168 Å². The smallest absolute Gasteiger partial charge is 0.306 e. The summed E-state index contributed by atoms with van der Waals surface area (Å²) in [5.74, 6) is 0.234. The largest absolute Gasteiger partial charge is 0.383 e. The van der Waals surface area contributed by atoms with Crippen molar-refractivity contribution in [2.45, 2.75) is 45.6 Å². The number of amides is 1. The van der Waals surface area contributed by atoms with E-state index < -0.39 is 10.1 Å². The van der Waals surface area contributed by atoms with Crippen molar-refractivity contribution in [3.05, 3.63) is 65.7 Å². The molecule has 0 radical (unpaired) electrons. The number of nitrogens with zero attached hydrogens (tertiary/aromatic N) is 1. The molecule has 152 valence electrons. The SMILES string of the molecule is CCCCN(Cc1ccc(OS(C)(=O)=O)cc1)C(=O)C(CC)c1ccccc1. The van der Waals surface area contributed by atoms with Crippen LogP contribution in [0.3, 0.4) is 0 Å². The topological polar surface area (TPSA) is 63.7 Å². The van der Waals surface area contributed by atoms with Gasteiger partial charge >= 0.3 is 10.1 Å². The number of carbonyl (C=O) groups excluding carboxylic acids is 1. The molecule has 5 nitrogen and oxygen atoms in total. The minimum atomic E-state index is -3.55. The first kappa shape index (κ1) is 22.0. The first-order valence-electron chi connectivity index (χ1n) is 9.66. The highest BCUT2D eigenvalue weighted by molar-refractivity contribution is 7.86. The Bertz CT molecular complexity index is 848. The Morgan fingerprint density at radius 3 is 2.21 bits per heavy atom. The van der Waals surface area contributed by atoms with Crippen LogP contribution in [0, 0.1) is 0 Å². The molecule has 0 aliphatic carbocycles. The fourth-order valence-corrected chi connectivity index (χ4v) is 3.58. The molecule has 0 saturated carbocycles. The first-order valence-corrected chi connectivity index (χ1v) is 11.5. The number of hydrogen-bond donors (Lipinski definition) is 0. The average molecular weight is 404 g/mol. The molecule has 0 saturated heterocycles. The Morgan fingerprint density at radius 2 is 1.68 bits per heavy atom. The molecule has 0 fully saturated rings. The zero-order chi connectivity index (χ0) is 20.6. The lowest BCUT2D eigenvalue weighted by Gasteiger charge is -2.27. The van der Waals surface area contributed by atoms with E-state index in [1.54, 1.807) is 24.3 Å². The molecule has 0 aromatic heterocycles. The van der Waals surface area contributed by atoms with Crippen LogP contribution < -0.4 is 4.18 Å². The van der Waals surface area contributed by atoms with Gasteiger partial charge in [-0.15, -0.1) is 0 Å². The summed E-state index contributed by atoms with van der Waals surface area (Å²) in [7, 11) is -3.55. The third-order valence-electron chi connectivity index (χ3n) is 4.55. The summed E-state index contributed by atoms with van der Waals surface area (Å²) in [4.78, 5) is 15.2. The molecular weight excluding hydrogens is 374 g/mol. The van der Waals surface area contributed by atoms with E-state index in [1.807, 2.05) is 42.2 Å². The van der Waals surface area contributed by atoms with Crippen molar-refractivity contribution in [3.8, 4) is 5.75 Å². The van der Waals surface area contributed by atoms with E-state index in [0.29, 0.717) is 13.1 Å². The van der Waals surface area contributed by atoms with Crippen molar-refractivity contribution >= 4 is 16.0 Å². The number of unbranched alkanes of at least 4 members (excludes halogenated alkanes) is 1. The standard InChI is InChI=1S/C22H29NO4S/c1-4-6-16-23(22(24)21(5-2)19-10-8-7-9-11-19)17-18-12-14-20(15-13-18)27-28(3,25)26/h7-15,21H,4-6,16-17H2,1-3H3. The van der Waals surface area contributed by atoms with Crippen LogP contribution in [0.5, 0.6) is 5.75 Å². The molecule has 2 aromatic carbocycles. The van der Waals surface area contributed by atoms with Gasteiger partial charge in [0.1, 0.15) is 5.75 Å². The van der Waals surface area contributed by atoms with E-state index in [1.165, 1.54) is 0 Å². The van der Waals surface area contributed by atoms with E-state index in [0.717, 1.165) is 36.6 Å². The van der Waals surface area contributed by atoms with Gasteiger partial charge in [-0.1, -0.05) is 62.7 Å². The summed E-state index contributed by atoms with van der Waals surface area (Å²) in [5.41, 5.74) is 1.97. The monoisotopic (exact) mass is 403 g/mol. The zero-order valence-corrected chi connectivity index (χ0v) is 17.6. The van der Waals surface area contributed by atoms with E-state index in [2.05, 4.69) is 6.92 Å². The molecule has 0 aliphatic rings. The van der Waals surface area contributed by atoms with Crippen LogP contribution >= 0.6 is 0 Å². The summed E-state index contributed by atoms with van der Waals surface area (Å²) in [6.07, 6.45) is 3.70. The molecule has 1 amide bonds. The van der Waals surface area contributed by atoms with Crippen molar-refractivity contribution < 1.29 is 17.4 Å². The summed E-state index contributed by atoms with van der Waals surface area (Å²) in [6.45, 7) is 5.32. The van der Waals surface area contributed by atoms with Crippen LogP contribution in [0.1, 0.15) is 50.2 Å². The van der Waals surface area contributed by atoms with Crippen molar-refractivity contribution in [3.63, 3.8) is 0 Å². The number of rotatable bonds is 10. The molecule has 1 unspecified atom stereocenters. The van der Waals surface area contributed by atoms with E-state index in [9.17, 15) is 13.2 Å². The molecule has 0 bridgehead atoms. The van der Waals surface area contributed by atoms with Crippen LogP contribution in [-0.2, 0) is 21.5 Å². The Morgan fingerprint density at radius 1 is 1.04 bits per heavy atom. The minimum absolute atomic E-state index is 0.124. The van der Waals surface area contributed by atoms with Gasteiger partial charge in [0.2, 0.25) is 5.91 Å². The predicted molar refractivity (Wildman–Crippen MR) is 112 cm³/mol. The Hall–Kier alpha value is -2.34. The fraction of sp³-hybridized carbons (Fsp3) is 0.409. The molecule has 1 atom stereocenters. The van der Waals surface area contributed by atoms with Crippen LogP contribution in [0.15, 0.2) is 54.6 Å². The summed E-state index contributed by atoms with van der Waals surface area (Å²) < 4.78 is 27.4. The van der Waals surface area contributed by atoms with Crippen LogP contribution in [0.2, 0.25) is 0 Å². The molecule has 28 heavy (non-hydrogen) atoms. The lowest BCUT2D eigenvalue weighted by Crippen LogP contribution is -2.35. The van der Waals surface area contributed by atoms with Gasteiger partial charge in [0.25, 0.3) is 0 Å². The maximum Gasteiger partial charge on any atom is 0.306 e. The summed E-state index contributed by atoms with van der Waals surface area (Å²) in [5, 5.41) is 0. The lowest BCUT2D eigenvalue weighted by molar-refractivity contribution is -0.133. The highest BCUT2D eigenvalue weighted by Gasteiger charge is 2.24. The lowest BCUT2D eigenvalue weighted by atomic mass is 9.94. The maximum atomic E-state index is 13.3. The van der Waals surface area contributed by atoms with Gasteiger partial charge in [-0.3, -0.25) is 4.79 Å². The molecule has 2 aromatic rings. The second-order valence-electron chi connectivity index (χ2n) is 6.92. The van der Waals surface area contributed by atoms with E-state index in [-0.39, 0.29) is 17.6 Å².